The van der Waals surface area contributed by atoms with Gasteiger partial charge in [0, 0.05) is 36.8 Å². The molecule has 1 aromatic carbocycles. The van der Waals surface area contributed by atoms with Gasteiger partial charge >= 0.3 is 6.03 Å². The van der Waals surface area contributed by atoms with Crippen molar-refractivity contribution in [2.45, 2.75) is 31.7 Å². The Morgan fingerprint density at radius 3 is 2.87 bits per heavy atom. The van der Waals surface area contributed by atoms with E-state index in [1.165, 1.54) is 0 Å². The second-order valence-electron chi connectivity index (χ2n) is 6.22. The van der Waals surface area contributed by atoms with Crippen LogP contribution in [0.5, 0.6) is 0 Å². The van der Waals surface area contributed by atoms with E-state index in [1.54, 1.807) is 29.2 Å². The van der Waals surface area contributed by atoms with Gasteiger partial charge in [0.2, 0.25) is 0 Å². The Balaban J connectivity index is 1.61. The Morgan fingerprint density at radius 1 is 1.30 bits per heavy atom. The van der Waals surface area contributed by atoms with Crippen molar-refractivity contribution in [2.75, 3.05) is 18.4 Å². The van der Waals surface area contributed by atoms with Gasteiger partial charge in [-0.05, 0) is 43.4 Å². The topological polar surface area (TPSA) is 85.2 Å². The summed E-state index contributed by atoms with van der Waals surface area (Å²) in [6, 6.07) is 9.22. The summed E-state index contributed by atoms with van der Waals surface area (Å²) in [4.78, 5) is 26.1. The van der Waals surface area contributed by atoms with E-state index in [4.69, 9.17) is 5.26 Å². The summed E-state index contributed by atoms with van der Waals surface area (Å²) < 4.78 is 0. The highest BCUT2D eigenvalue weighted by Gasteiger charge is 2.27. The Bertz CT molecular complexity index is 648. The second-order valence-corrected chi connectivity index (χ2v) is 6.22. The molecule has 1 aliphatic carbocycles. The quantitative estimate of drug-likeness (QED) is 0.895. The highest BCUT2D eigenvalue weighted by Crippen LogP contribution is 2.22. The molecule has 23 heavy (non-hydrogen) atoms. The third-order valence-electron chi connectivity index (χ3n) is 4.23. The lowest BCUT2D eigenvalue weighted by Crippen LogP contribution is -2.31. The van der Waals surface area contributed by atoms with E-state index in [-0.39, 0.29) is 17.9 Å². The number of carbonyl (C=O) groups is 2. The van der Waals surface area contributed by atoms with Gasteiger partial charge in [-0.15, -0.1) is 0 Å². The lowest BCUT2D eigenvalue weighted by molar-refractivity contribution is 0.0787. The molecule has 3 amide bonds. The third kappa shape index (κ3) is 4.01. The molecule has 1 heterocycles. The first-order chi connectivity index (χ1) is 11.2. The summed E-state index contributed by atoms with van der Waals surface area (Å²) in [6.45, 7) is 1.32. The molecule has 1 aromatic rings. The fourth-order valence-corrected chi connectivity index (χ4v) is 2.81. The minimum atomic E-state index is -0.229. The third-order valence-corrected chi connectivity index (χ3v) is 4.23. The van der Waals surface area contributed by atoms with Crippen LogP contribution in [0.15, 0.2) is 24.3 Å². The van der Waals surface area contributed by atoms with Crippen LogP contribution in [0.1, 0.15) is 36.0 Å². The Kier molecular flexibility index (Phi) is 4.47. The highest BCUT2D eigenvalue weighted by atomic mass is 16.2. The first-order valence-corrected chi connectivity index (χ1v) is 7.99. The van der Waals surface area contributed by atoms with Crippen molar-refractivity contribution >= 4 is 17.6 Å². The second kappa shape index (κ2) is 6.69. The number of benzene rings is 1. The molecule has 2 N–H and O–H groups in total. The molecule has 0 bridgehead atoms. The SMILES string of the molecule is N#CCC1CCN(C(=O)c2cccc(NC(=O)NC3CC3)c2)C1. The summed E-state index contributed by atoms with van der Waals surface area (Å²) >= 11 is 0. The highest BCUT2D eigenvalue weighted by molar-refractivity contribution is 5.97. The normalized spacial score (nSPS) is 20.0. The van der Waals surface area contributed by atoms with Crippen LogP contribution in [0.3, 0.4) is 0 Å². The van der Waals surface area contributed by atoms with Crippen LogP contribution in [-0.4, -0.2) is 36.0 Å². The number of likely N-dealkylation sites (tertiary alicyclic amines) is 1. The molecule has 1 saturated carbocycles. The molecule has 1 saturated heterocycles. The summed E-state index contributed by atoms with van der Waals surface area (Å²) in [7, 11) is 0. The zero-order valence-corrected chi connectivity index (χ0v) is 12.9. The van der Waals surface area contributed by atoms with E-state index in [1.807, 2.05) is 0 Å². The van der Waals surface area contributed by atoms with Crippen molar-refractivity contribution in [3.8, 4) is 6.07 Å². The summed E-state index contributed by atoms with van der Waals surface area (Å²) in [5.74, 6) is 0.228. The van der Waals surface area contributed by atoms with E-state index >= 15 is 0 Å². The molecule has 6 heteroatoms. The monoisotopic (exact) mass is 312 g/mol. The van der Waals surface area contributed by atoms with Gasteiger partial charge in [0.1, 0.15) is 0 Å². The number of rotatable bonds is 4. The molecule has 1 aliphatic heterocycles. The van der Waals surface area contributed by atoms with E-state index < -0.39 is 0 Å². The number of nitrogens with zero attached hydrogens (tertiary/aromatic N) is 2. The van der Waals surface area contributed by atoms with Gasteiger partial charge in [0.25, 0.3) is 5.91 Å². The first-order valence-electron chi connectivity index (χ1n) is 7.99. The van der Waals surface area contributed by atoms with Crippen LogP contribution < -0.4 is 10.6 Å². The van der Waals surface area contributed by atoms with Crippen molar-refractivity contribution in [3.05, 3.63) is 29.8 Å². The molecule has 120 valence electrons. The number of hydrogen-bond donors (Lipinski definition) is 2. The number of urea groups is 1. The fourth-order valence-electron chi connectivity index (χ4n) is 2.81. The van der Waals surface area contributed by atoms with Gasteiger partial charge < -0.3 is 15.5 Å². The number of amides is 3. The van der Waals surface area contributed by atoms with Crippen LogP contribution in [-0.2, 0) is 0 Å². The molecule has 1 unspecified atom stereocenters. The largest absolute Gasteiger partial charge is 0.338 e. The molecule has 2 aliphatic rings. The average molecular weight is 312 g/mol. The number of carbonyl (C=O) groups excluding carboxylic acids is 2. The lowest BCUT2D eigenvalue weighted by Gasteiger charge is -2.16. The van der Waals surface area contributed by atoms with Gasteiger partial charge in [-0.3, -0.25) is 4.79 Å². The van der Waals surface area contributed by atoms with Crippen molar-refractivity contribution in [1.29, 1.82) is 5.26 Å². The molecule has 1 atom stereocenters. The summed E-state index contributed by atoms with van der Waals surface area (Å²) in [5, 5.41) is 14.4. The van der Waals surface area contributed by atoms with Crippen LogP contribution in [0.25, 0.3) is 0 Å². The minimum Gasteiger partial charge on any atom is -0.338 e. The minimum absolute atomic E-state index is 0.0447. The average Bonchev–Trinajstić information content (AvgIpc) is 3.22. The van der Waals surface area contributed by atoms with Crippen LogP contribution >= 0.6 is 0 Å². The van der Waals surface area contributed by atoms with Crippen LogP contribution in [0, 0.1) is 17.2 Å². The van der Waals surface area contributed by atoms with Gasteiger partial charge in [-0.2, -0.15) is 5.26 Å². The van der Waals surface area contributed by atoms with Gasteiger partial charge in [0.15, 0.2) is 0 Å². The van der Waals surface area contributed by atoms with E-state index in [2.05, 4.69) is 16.7 Å². The Morgan fingerprint density at radius 2 is 2.13 bits per heavy atom. The van der Waals surface area contributed by atoms with E-state index in [0.29, 0.717) is 36.8 Å². The molecule has 0 aromatic heterocycles. The number of hydrogen-bond acceptors (Lipinski definition) is 3. The smallest absolute Gasteiger partial charge is 0.319 e. The maximum Gasteiger partial charge on any atom is 0.319 e. The zero-order valence-electron chi connectivity index (χ0n) is 12.9. The van der Waals surface area contributed by atoms with Crippen molar-refractivity contribution < 1.29 is 9.59 Å². The van der Waals surface area contributed by atoms with Gasteiger partial charge in [0.05, 0.1) is 6.07 Å². The van der Waals surface area contributed by atoms with Gasteiger partial charge in [-0.25, -0.2) is 4.79 Å². The molecule has 6 nitrogen and oxygen atoms in total. The standard InChI is InChI=1S/C17H20N4O2/c18-8-6-12-7-9-21(11-12)16(22)13-2-1-3-15(10-13)20-17(23)19-14-4-5-14/h1-3,10,12,14H,4-7,9,11H2,(H2,19,20,23). The first kappa shape index (κ1) is 15.3. The predicted octanol–water partition coefficient (Wildman–Crippen LogP) is 2.35. The Hall–Kier alpha value is -2.55. The molecule has 2 fully saturated rings. The molecular weight excluding hydrogens is 292 g/mol. The molecule has 3 rings (SSSR count). The molecule has 0 spiro atoms. The van der Waals surface area contributed by atoms with E-state index in [9.17, 15) is 9.59 Å². The lowest BCUT2D eigenvalue weighted by atomic mass is 10.1. The number of nitriles is 1. The van der Waals surface area contributed by atoms with Crippen LogP contribution in [0.4, 0.5) is 10.5 Å². The number of anilines is 1. The van der Waals surface area contributed by atoms with Gasteiger partial charge in [-0.1, -0.05) is 6.07 Å². The predicted molar refractivity (Wildman–Crippen MR) is 85.9 cm³/mol. The Labute approximate surface area is 135 Å². The van der Waals surface area contributed by atoms with Crippen molar-refractivity contribution in [1.82, 2.24) is 10.2 Å². The maximum atomic E-state index is 12.5. The zero-order chi connectivity index (χ0) is 16.2. The van der Waals surface area contributed by atoms with Crippen molar-refractivity contribution in [3.63, 3.8) is 0 Å². The van der Waals surface area contributed by atoms with Crippen LogP contribution in [0.2, 0.25) is 0 Å². The maximum absolute atomic E-state index is 12.5. The van der Waals surface area contributed by atoms with Crippen molar-refractivity contribution in [2.24, 2.45) is 5.92 Å². The fraction of sp³-hybridized carbons (Fsp3) is 0.471. The van der Waals surface area contributed by atoms with E-state index in [0.717, 1.165) is 19.3 Å². The number of nitrogens with one attached hydrogen (secondary N) is 2. The summed E-state index contributed by atoms with van der Waals surface area (Å²) in [6.07, 6.45) is 3.43. The summed E-state index contributed by atoms with van der Waals surface area (Å²) in [5.41, 5.74) is 1.17. The molecule has 0 radical (unpaired) electrons. The molecular formula is C17H20N4O2.